The number of halogens is 2. The van der Waals surface area contributed by atoms with Gasteiger partial charge in [-0.2, -0.15) is 0 Å². The van der Waals surface area contributed by atoms with Crippen LogP contribution in [0.15, 0.2) is 179 Å². The van der Waals surface area contributed by atoms with Crippen molar-refractivity contribution in [2.75, 3.05) is 0 Å². The van der Waals surface area contributed by atoms with Gasteiger partial charge >= 0.3 is 0 Å². The lowest BCUT2D eigenvalue weighted by molar-refractivity contribution is 0.590. The molecule has 262 valence electrons. The molecule has 0 radical (unpaired) electrons. The zero-order valence-electron chi connectivity index (χ0n) is 28.3. The topological polar surface area (TPSA) is 111 Å². The summed E-state index contributed by atoms with van der Waals surface area (Å²) < 4.78 is 32.5. The standard InChI is InChI=1S/C42H28Br2N6O2P2/c43-37-23-7-17-31(45-37)33-19-9-25-39(47-33)53(51,29-13-3-1-4-14-29)41-27-11-21-35(49-41)36-22-12-28-42(50-36)54(52,30-15-5-2-6-16-30)40-26-10-20-34(48-40)32-18-8-24-38(44)46-32/h1-28H. The van der Waals surface area contributed by atoms with Gasteiger partial charge in [0.05, 0.1) is 34.2 Å². The average molecular weight is 870 g/mol. The van der Waals surface area contributed by atoms with Crippen LogP contribution < -0.4 is 32.3 Å². The molecule has 8 nitrogen and oxygen atoms in total. The first kappa shape index (κ1) is 35.8. The van der Waals surface area contributed by atoms with E-state index in [0.717, 1.165) is 0 Å². The highest BCUT2D eigenvalue weighted by molar-refractivity contribution is 9.10. The third kappa shape index (κ3) is 6.94. The number of benzene rings is 2. The SMILES string of the molecule is O=P(c1ccccc1)(c1cccc(-c2cccc(Br)n2)n1)c1cccc(-c2cccc(P(=O)(c3ccccc3)c3cccc(-c4cccc(Br)n4)n3)n2)n1. The molecule has 0 bridgehead atoms. The van der Waals surface area contributed by atoms with E-state index in [1.165, 1.54) is 0 Å². The van der Waals surface area contributed by atoms with Gasteiger partial charge in [-0.25, -0.2) is 29.9 Å². The van der Waals surface area contributed by atoms with Crippen LogP contribution in [0.25, 0.3) is 34.2 Å². The zero-order chi connectivity index (χ0) is 37.1. The number of rotatable bonds is 9. The molecular weight excluding hydrogens is 842 g/mol. The van der Waals surface area contributed by atoms with Gasteiger partial charge in [-0.15, -0.1) is 0 Å². The van der Waals surface area contributed by atoms with E-state index in [4.69, 9.17) is 19.9 Å². The molecule has 0 spiro atoms. The highest BCUT2D eigenvalue weighted by Crippen LogP contribution is 2.43. The van der Waals surface area contributed by atoms with Crippen molar-refractivity contribution in [3.63, 3.8) is 0 Å². The van der Waals surface area contributed by atoms with E-state index in [9.17, 15) is 0 Å². The molecule has 0 saturated heterocycles. The van der Waals surface area contributed by atoms with E-state index in [1.807, 2.05) is 146 Å². The Labute approximate surface area is 328 Å². The molecular formula is C42H28Br2N6O2P2. The van der Waals surface area contributed by atoms with Crippen molar-refractivity contribution in [2.45, 2.75) is 0 Å². The minimum atomic E-state index is -3.63. The van der Waals surface area contributed by atoms with Crippen LogP contribution in [-0.4, -0.2) is 29.9 Å². The Hall–Kier alpha value is -5.24. The normalized spacial score (nSPS) is 13.4. The van der Waals surface area contributed by atoms with Gasteiger partial charge in [0.2, 0.25) is 14.3 Å². The molecule has 54 heavy (non-hydrogen) atoms. The molecule has 2 atom stereocenters. The lowest BCUT2D eigenvalue weighted by atomic mass is 10.2. The first-order chi connectivity index (χ1) is 26.3. The monoisotopic (exact) mass is 868 g/mol. The minimum absolute atomic E-state index is 0.340. The van der Waals surface area contributed by atoms with Crippen LogP contribution in [0.4, 0.5) is 0 Å². The first-order valence-electron chi connectivity index (χ1n) is 16.8. The summed E-state index contributed by atoms with van der Waals surface area (Å²) in [5.74, 6) is 0. The number of nitrogens with zero attached hydrogens (tertiary/aromatic N) is 6. The van der Waals surface area contributed by atoms with Crippen molar-refractivity contribution in [1.29, 1.82) is 0 Å². The maximum Gasteiger partial charge on any atom is 0.206 e. The Morgan fingerprint density at radius 3 is 0.833 bits per heavy atom. The van der Waals surface area contributed by atoms with E-state index in [-0.39, 0.29) is 0 Å². The van der Waals surface area contributed by atoms with Crippen molar-refractivity contribution in [3.05, 3.63) is 179 Å². The number of pyridine rings is 6. The lowest BCUT2D eigenvalue weighted by Gasteiger charge is -2.20. The van der Waals surface area contributed by atoms with E-state index in [1.54, 1.807) is 24.3 Å². The van der Waals surface area contributed by atoms with Gasteiger partial charge in [-0.1, -0.05) is 97.1 Å². The molecule has 0 aliphatic carbocycles. The van der Waals surface area contributed by atoms with Crippen molar-refractivity contribution < 1.29 is 9.13 Å². The second kappa shape index (κ2) is 15.2. The van der Waals surface area contributed by atoms with Crippen LogP contribution >= 0.6 is 46.1 Å². The van der Waals surface area contributed by atoms with E-state index < -0.39 is 14.3 Å². The molecule has 0 aliphatic heterocycles. The molecule has 0 aliphatic rings. The number of aromatic nitrogens is 6. The van der Waals surface area contributed by atoms with Gasteiger partial charge in [-0.05, 0) is 105 Å². The Bertz CT molecular complexity index is 2550. The molecule has 6 aromatic heterocycles. The Morgan fingerprint density at radius 2 is 0.556 bits per heavy atom. The number of hydrogen-bond acceptors (Lipinski definition) is 8. The second-order valence-corrected chi connectivity index (χ2v) is 19.0. The van der Waals surface area contributed by atoms with Gasteiger partial charge < -0.3 is 9.13 Å². The van der Waals surface area contributed by atoms with Crippen molar-refractivity contribution in [2.24, 2.45) is 0 Å². The lowest BCUT2D eigenvalue weighted by Crippen LogP contribution is -2.30. The maximum absolute atomic E-state index is 15.6. The largest absolute Gasteiger partial charge is 0.305 e. The predicted molar refractivity (Wildman–Crippen MR) is 224 cm³/mol. The van der Waals surface area contributed by atoms with Gasteiger partial charge in [0.1, 0.15) is 30.9 Å². The quantitative estimate of drug-likeness (QED) is 0.107. The highest BCUT2D eigenvalue weighted by Gasteiger charge is 2.35. The molecule has 2 aromatic carbocycles. The van der Waals surface area contributed by atoms with Gasteiger partial charge in [0.15, 0.2) is 0 Å². The summed E-state index contributed by atoms with van der Waals surface area (Å²) >= 11 is 6.89. The minimum Gasteiger partial charge on any atom is -0.305 e. The van der Waals surface area contributed by atoms with Gasteiger partial charge in [0, 0.05) is 10.6 Å². The van der Waals surface area contributed by atoms with E-state index >= 15 is 9.13 Å². The summed E-state index contributed by atoms with van der Waals surface area (Å²) in [6.07, 6.45) is 0. The summed E-state index contributed by atoms with van der Waals surface area (Å²) in [6, 6.07) is 51.3. The molecule has 0 fully saturated rings. The van der Waals surface area contributed by atoms with Crippen LogP contribution in [0.2, 0.25) is 0 Å². The molecule has 0 amide bonds. The highest BCUT2D eigenvalue weighted by atomic mass is 79.9. The van der Waals surface area contributed by atoms with Crippen molar-refractivity contribution in [3.8, 4) is 34.2 Å². The molecule has 8 rings (SSSR count). The summed E-state index contributed by atoms with van der Waals surface area (Å²) in [4.78, 5) is 29.0. The van der Waals surface area contributed by atoms with Crippen LogP contribution in [0.3, 0.4) is 0 Å². The van der Waals surface area contributed by atoms with Crippen LogP contribution in [-0.2, 0) is 9.13 Å². The summed E-state index contributed by atoms with van der Waals surface area (Å²) in [7, 11) is -7.25. The fourth-order valence-electron chi connectivity index (χ4n) is 6.11. The summed E-state index contributed by atoms with van der Waals surface area (Å²) in [5, 5.41) is 1.17. The fraction of sp³-hybridized carbons (Fsp3) is 0. The second-order valence-electron chi connectivity index (χ2n) is 12.1. The molecule has 8 aromatic rings. The van der Waals surface area contributed by atoms with Gasteiger partial charge in [0.25, 0.3) is 0 Å². The molecule has 0 saturated carbocycles. The van der Waals surface area contributed by atoms with Crippen LogP contribution in [0, 0.1) is 0 Å². The van der Waals surface area contributed by atoms with Crippen molar-refractivity contribution in [1.82, 2.24) is 29.9 Å². The Balaban J connectivity index is 1.25. The zero-order valence-corrected chi connectivity index (χ0v) is 33.3. The number of hydrogen-bond donors (Lipinski definition) is 0. The fourth-order valence-corrected chi connectivity index (χ4v) is 11.7. The third-order valence-electron chi connectivity index (χ3n) is 8.69. The maximum atomic E-state index is 15.6. The van der Waals surface area contributed by atoms with Gasteiger partial charge in [-0.3, -0.25) is 0 Å². The van der Waals surface area contributed by atoms with Crippen molar-refractivity contribution >= 4 is 78.5 Å². The smallest absolute Gasteiger partial charge is 0.206 e. The Morgan fingerprint density at radius 1 is 0.296 bits per heavy atom. The van der Waals surface area contributed by atoms with Crippen LogP contribution in [0.1, 0.15) is 0 Å². The third-order valence-corrected chi connectivity index (χ3v) is 15.2. The summed E-state index contributed by atoms with van der Waals surface area (Å²) in [5.41, 5.74) is 4.82. The first-order valence-corrected chi connectivity index (χ1v) is 21.8. The van der Waals surface area contributed by atoms with E-state index in [0.29, 0.717) is 75.7 Å². The van der Waals surface area contributed by atoms with Crippen LogP contribution in [0.5, 0.6) is 0 Å². The molecule has 6 heterocycles. The predicted octanol–water partition coefficient (Wildman–Crippen LogP) is 7.86. The molecule has 0 N–H and O–H groups in total. The summed E-state index contributed by atoms with van der Waals surface area (Å²) in [6.45, 7) is 0. The molecule has 12 heteroatoms. The van der Waals surface area contributed by atoms with E-state index in [2.05, 4.69) is 41.8 Å². The Kier molecular flexibility index (Phi) is 10.1. The average Bonchev–Trinajstić information content (AvgIpc) is 3.24. The molecule has 2 unspecified atom stereocenters.